The van der Waals surface area contributed by atoms with Crippen molar-refractivity contribution in [1.29, 1.82) is 0 Å². The summed E-state index contributed by atoms with van der Waals surface area (Å²) < 4.78 is 1.95. The Morgan fingerprint density at radius 2 is 2.60 bits per heavy atom. The first-order valence-corrected chi connectivity index (χ1v) is 3.32. The maximum absolute atomic E-state index is 10.1. The van der Waals surface area contributed by atoms with Crippen molar-refractivity contribution in [3.63, 3.8) is 0 Å². The predicted molar refractivity (Wildman–Crippen MR) is 37.7 cm³/mol. The van der Waals surface area contributed by atoms with Crippen LogP contribution in [-0.2, 0) is 17.8 Å². The Morgan fingerprint density at radius 1 is 1.80 bits per heavy atom. The fraction of sp³-hybridized carbons (Fsp3) is 0.429. The highest BCUT2D eigenvalue weighted by Gasteiger charge is 1.97. The van der Waals surface area contributed by atoms with E-state index in [1.165, 1.54) is 0 Å². The minimum Gasteiger partial charge on any atom is -0.335 e. The van der Waals surface area contributed by atoms with E-state index in [0.717, 1.165) is 18.7 Å². The van der Waals surface area contributed by atoms with E-state index in [1.807, 2.05) is 17.7 Å². The van der Waals surface area contributed by atoms with E-state index in [9.17, 15) is 4.79 Å². The van der Waals surface area contributed by atoms with Gasteiger partial charge in [-0.2, -0.15) is 0 Å². The van der Waals surface area contributed by atoms with Gasteiger partial charge in [-0.25, -0.2) is 4.98 Å². The number of hydrogen-bond donors (Lipinski definition) is 0. The van der Waals surface area contributed by atoms with Crippen LogP contribution >= 0.6 is 0 Å². The molecule has 0 atom stereocenters. The highest BCUT2D eigenvalue weighted by Crippen LogP contribution is 1.95. The number of rotatable bonds is 3. The van der Waals surface area contributed by atoms with Crippen molar-refractivity contribution in [2.24, 2.45) is 0 Å². The summed E-state index contributed by atoms with van der Waals surface area (Å²) in [5.41, 5.74) is 0. The number of nitrogens with zero attached hydrogens (tertiary/aromatic N) is 2. The van der Waals surface area contributed by atoms with Crippen molar-refractivity contribution >= 4 is 6.29 Å². The number of hydrogen-bond acceptors (Lipinski definition) is 2. The number of aryl methyl sites for hydroxylation is 1. The molecule has 0 unspecified atom stereocenters. The molecule has 0 aliphatic carbocycles. The summed E-state index contributed by atoms with van der Waals surface area (Å²) in [6.45, 7) is 2.90. The van der Waals surface area contributed by atoms with E-state index < -0.39 is 0 Å². The first-order chi connectivity index (χ1) is 4.88. The highest BCUT2D eigenvalue weighted by atomic mass is 16.1. The standard InChI is InChI=1S/C7H10N2O/c1-2-9-5-4-8-7(9)3-6-10/h4-6H,2-3H2,1H3. The summed E-state index contributed by atoms with van der Waals surface area (Å²) >= 11 is 0. The first kappa shape index (κ1) is 6.99. The maximum Gasteiger partial charge on any atom is 0.127 e. The average molecular weight is 138 g/mol. The van der Waals surface area contributed by atoms with Gasteiger partial charge in [-0.1, -0.05) is 0 Å². The van der Waals surface area contributed by atoms with Crippen LogP contribution in [0.25, 0.3) is 0 Å². The Kier molecular flexibility index (Phi) is 2.20. The molecular formula is C7H10N2O. The Balaban J connectivity index is 2.79. The molecule has 1 heterocycles. The number of aromatic nitrogens is 2. The third kappa shape index (κ3) is 1.23. The molecule has 0 N–H and O–H groups in total. The van der Waals surface area contributed by atoms with Crippen molar-refractivity contribution in [2.45, 2.75) is 19.9 Å². The smallest absolute Gasteiger partial charge is 0.127 e. The normalized spacial score (nSPS) is 9.70. The molecule has 1 aromatic heterocycles. The fourth-order valence-electron chi connectivity index (χ4n) is 0.892. The molecule has 0 bridgehead atoms. The van der Waals surface area contributed by atoms with Crippen molar-refractivity contribution in [3.05, 3.63) is 18.2 Å². The molecule has 3 nitrogen and oxygen atoms in total. The lowest BCUT2D eigenvalue weighted by Gasteiger charge is -1.98. The largest absolute Gasteiger partial charge is 0.335 e. The van der Waals surface area contributed by atoms with Gasteiger partial charge < -0.3 is 9.36 Å². The van der Waals surface area contributed by atoms with E-state index in [2.05, 4.69) is 4.98 Å². The van der Waals surface area contributed by atoms with Crippen LogP contribution in [0.3, 0.4) is 0 Å². The van der Waals surface area contributed by atoms with E-state index in [0.29, 0.717) is 6.42 Å². The van der Waals surface area contributed by atoms with Crippen LogP contribution < -0.4 is 0 Å². The highest BCUT2D eigenvalue weighted by molar-refractivity contribution is 5.52. The molecule has 54 valence electrons. The predicted octanol–water partition coefficient (Wildman–Crippen LogP) is 0.644. The van der Waals surface area contributed by atoms with Crippen LogP contribution in [-0.4, -0.2) is 15.8 Å². The van der Waals surface area contributed by atoms with Crippen LogP contribution in [0.1, 0.15) is 12.7 Å². The Morgan fingerprint density at radius 3 is 3.20 bits per heavy atom. The van der Waals surface area contributed by atoms with Gasteiger partial charge in [0.05, 0.1) is 6.42 Å². The van der Waals surface area contributed by atoms with Gasteiger partial charge in [0.1, 0.15) is 12.1 Å². The van der Waals surface area contributed by atoms with Gasteiger partial charge in [-0.05, 0) is 6.92 Å². The third-order valence-electron chi connectivity index (χ3n) is 1.41. The number of imidazole rings is 1. The van der Waals surface area contributed by atoms with Crippen LogP contribution in [0.5, 0.6) is 0 Å². The van der Waals surface area contributed by atoms with Crippen LogP contribution in [0.4, 0.5) is 0 Å². The minimum atomic E-state index is 0.418. The minimum absolute atomic E-state index is 0.418. The van der Waals surface area contributed by atoms with Gasteiger partial charge in [0.25, 0.3) is 0 Å². The molecule has 0 aliphatic heterocycles. The van der Waals surface area contributed by atoms with E-state index in [-0.39, 0.29) is 0 Å². The SMILES string of the molecule is CCn1ccnc1CC=O. The maximum atomic E-state index is 10.1. The molecule has 0 aromatic carbocycles. The van der Waals surface area contributed by atoms with E-state index >= 15 is 0 Å². The molecule has 10 heavy (non-hydrogen) atoms. The summed E-state index contributed by atoms with van der Waals surface area (Å²) in [7, 11) is 0. The zero-order valence-electron chi connectivity index (χ0n) is 5.95. The summed E-state index contributed by atoms with van der Waals surface area (Å²) in [6, 6.07) is 0. The zero-order chi connectivity index (χ0) is 7.40. The Labute approximate surface area is 59.7 Å². The van der Waals surface area contributed by atoms with Crippen molar-refractivity contribution in [3.8, 4) is 0 Å². The van der Waals surface area contributed by atoms with Crippen LogP contribution in [0.15, 0.2) is 12.4 Å². The van der Waals surface area contributed by atoms with Gasteiger partial charge in [0, 0.05) is 18.9 Å². The van der Waals surface area contributed by atoms with Gasteiger partial charge >= 0.3 is 0 Å². The van der Waals surface area contributed by atoms with Gasteiger partial charge in [0.2, 0.25) is 0 Å². The first-order valence-electron chi connectivity index (χ1n) is 3.32. The van der Waals surface area contributed by atoms with Crippen molar-refractivity contribution < 1.29 is 4.79 Å². The molecule has 0 spiro atoms. The molecule has 0 aliphatic rings. The molecule has 1 aromatic rings. The lowest BCUT2D eigenvalue weighted by Crippen LogP contribution is -2.00. The molecule has 0 fully saturated rings. The summed E-state index contributed by atoms with van der Waals surface area (Å²) in [5, 5.41) is 0. The average Bonchev–Trinajstić information content (AvgIpc) is 2.36. The molecule has 0 radical (unpaired) electrons. The lowest BCUT2D eigenvalue weighted by molar-refractivity contribution is -0.107. The van der Waals surface area contributed by atoms with E-state index in [1.54, 1.807) is 6.20 Å². The van der Waals surface area contributed by atoms with Crippen molar-refractivity contribution in [2.75, 3.05) is 0 Å². The van der Waals surface area contributed by atoms with Gasteiger partial charge in [-0.3, -0.25) is 0 Å². The van der Waals surface area contributed by atoms with Crippen LogP contribution in [0.2, 0.25) is 0 Å². The summed E-state index contributed by atoms with van der Waals surface area (Å²) in [4.78, 5) is 14.1. The fourth-order valence-corrected chi connectivity index (χ4v) is 0.892. The second kappa shape index (κ2) is 3.15. The monoisotopic (exact) mass is 138 g/mol. The summed E-state index contributed by atoms with van der Waals surface area (Å²) in [5.74, 6) is 0.845. The third-order valence-corrected chi connectivity index (χ3v) is 1.41. The second-order valence-corrected chi connectivity index (χ2v) is 2.00. The Hall–Kier alpha value is -1.12. The summed E-state index contributed by atoms with van der Waals surface area (Å²) in [6.07, 6.45) is 4.87. The molecule has 0 amide bonds. The zero-order valence-corrected chi connectivity index (χ0v) is 5.95. The molecular weight excluding hydrogens is 128 g/mol. The molecule has 1 rings (SSSR count). The van der Waals surface area contributed by atoms with Gasteiger partial charge in [0.15, 0.2) is 0 Å². The molecule has 0 saturated heterocycles. The lowest BCUT2D eigenvalue weighted by atomic mass is 10.4. The second-order valence-electron chi connectivity index (χ2n) is 2.00. The topological polar surface area (TPSA) is 34.9 Å². The van der Waals surface area contributed by atoms with E-state index in [4.69, 9.17) is 0 Å². The Bertz CT molecular complexity index is 217. The quantitative estimate of drug-likeness (QED) is 0.574. The van der Waals surface area contributed by atoms with Crippen LogP contribution in [0, 0.1) is 0 Å². The number of carbonyl (C=O) groups is 1. The molecule has 3 heteroatoms. The van der Waals surface area contributed by atoms with Crippen molar-refractivity contribution in [1.82, 2.24) is 9.55 Å². The number of aldehydes is 1. The molecule has 0 saturated carbocycles. The van der Waals surface area contributed by atoms with Gasteiger partial charge in [-0.15, -0.1) is 0 Å². The number of carbonyl (C=O) groups excluding carboxylic acids is 1.